The van der Waals surface area contributed by atoms with Crippen LogP contribution in [0.3, 0.4) is 0 Å². The van der Waals surface area contributed by atoms with Gasteiger partial charge in [-0.1, -0.05) is 34.6 Å². The minimum absolute atomic E-state index is 0.401. The van der Waals surface area contributed by atoms with E-state index >= 15 is 0 Å². The molecule has 0 heterocycles. The van der Waals surface area contributed by atoms with Gasteiger partial charge >= 0.3 is 0 Å². The van der Waals surface area contributed by atoms with E-state index < -0.39 is 0 Å². The van der Waals surface area contributed by atoms with Crippen LogP contribution in [0, 0.1) is 5.41 Å². The Hall–Kier alpha value is 0.430. The first-order chi connectivity index (χ1) is 3.71. The van der Waals surface area contributed by atoms with Crippen molar-refractivity contribution in [3.63, 3.8) is 0 Å². The molecular formula is C8H19P. The minimum Gasteiger partial charge on any atom is -0.132 e. The summed E-state index contributed by atoms with van der Waals surface area (Å²) in [6.07, 6.45) is 1.25. The SMILES string of the molecule is CC(C)(C)CC(C)(C)P. The van der Waals surface area contributed by atoms with Crippen LogP contribution in [0.4, 0.5) is 0 Å². The summed E-state index contributed by atoms with van der Waals surface area (Å²) < 4.78 is 0. The average molecular weight is 146 g/mol. The van der Waals surface area contributed by atoms with Gasteiger partial charge in [0.2, 0.25) is 0 Å². The van der Waals surface area contributed by atoms with E-state index in [4.69, 9.17) is 0 Å². The van der Waals surface area contributed by atoms with Gasteiger partial charge in [-0.25, -0.2) is 0 Å². The molecule has 0 saturated heterocycles. The third-order valence-corrected chi connectivity index (χ3v) is 1.19. The van der Waals surface area contributed by atoms with Crippen molar-refractivity contribution in [1.82, 2.24) is 0 Å². The highest BCUT2D eigenvalue weighted by Crippen LogP contribution is 2.32. The Kier molecular flexibility index (Phi) is 2.70. The molecule has 0 amide bonds. The van der Waals surface area contributed by atoms with E-state index in [1.807, 2.05) is 0 Å². The van der Waals surface area contributed by atoms with Gasteiger partial charge < -0.3 is 0 Å². The van der Waals surface area contributed by atoms with Crippen molar-refractivity contribution in [3.8, 4) is 0 Å². The molecule has 1 unspecified atom stereocenters. The number of hydrogen-bond donors (Lipinski definition) is 0. The molecule has 9 heavy (non-hydrogen) atoms. The summed E-state index contributed by atoms with van der Waals surface area (Å²) in [7, 11) is 2.88. The molecule has 0 spiro atoms. The Morgan fingerprint density at radius 1 is 1.00 bits per heavy atom. The second kappa shape index (κ2) is 2.58. The van der Waals surface area contributed by atoms with Gasteiger partial charge in [-0.2, -0.15) is 0 Å². The Morgan fingerprint density at radius 2 is 1.33 bits per heavy atom. The van der Waals surface area contributed by atoms with Crippen LogP contribution in [0.25, 0.3) is 0 Å². The third kappa shape index (κ3) is 8.43. The van der Waals surface area contributed by atoms with Crippen LogP contribution in [0.15, 0.2) is 0 Å². The Balaban J connectivity index is 3.75. The number of rotatable bonds is 1. The maximum atomic E-state index is 2.88. The lowest BCUT2D eigenvalue weighted by Crippen LogP contribution is -2.19. The Labute approximate surface area is 61.6 Å². The number of hydrogen-bond acceptors (Lipinski definition) is 0. The molecule has 0 aromatic heterocycles. The van der Waals surface area contributed by atoms with Crippen LogP contribution in [0.2, 0.25) is 0 Å². The summed E-state index contributed by atoms with van der Waals surface area (Å²) in [6.45, 7) is 11.3. The van der Waals surface area contributed by atoms with E-state index in [1.165, 1.54) is 6.42 Å². The lowest BCUT2D eigenvalue weighted by molar-refractivity contribution is 0.339. The first kappa shape index (κ1) is 9.43. The smallest absolute Gasteiger partial charge is 0.0202 e. The van der Waals surface area contributed by atoms with E-state index in [2.05, 4.69) is 43.9 Å². The van der Waals surface area contributed by atoms with Crippen LogP contribution in [0.5, 0.6) is 0 Å². The summed E-state index contributed by atoms with van der Waals surface area (Å²) in [4.78, 5) is 0. The van der Waals surface area contributed by atoms with Crippen LogP contribution < -0.4 is 0 Å². The quantitative estimate of drug-likeness (QED) is 0.499. The molecular weight excluding hydrogens is 127 g/mol. The molecule has 1 atom stereocenters. The van der Waals surface area contributed by atoms with Gasteiger partial charge in [-0.3, -0.25) is 0 Å². The van der Waals surface area contributed by atoms with Crippen LogP contribution in [-0.2, 0) is 0 Å². The molecule has 0 aliphatic carbocycles. The van der Waals surface area contributed by atoms with Gasteiger partial charge in [0, 0.05) is 0 Å². The zero-order chi connectivity index (χ0) is 7.71. The monoisotopic (exact) mass is 146 g/mol. The molecule has 0 saturated carbocycles. The Bertz CT molecular complexity index is 69.7. The predicted octanol–water partition coefficient (Wildman–Crippen LogP) is 3.08. The second-order valence-corrected chi connectivity index (χ2v) is 6.29. The second-order valence-electron chi connectivity index (χ2n) is 4.73. The fraction of sp³-hybridized carbons (Fsp3) is 1.00. The molecule has 0 aliphatic heterocycles. The largest absolute Gasteiger partial charge is 0.132 e. The molecule has 0 aromatic carbocycles. The van der Waals surface area contributed by atoms with Crippen molar-refractivity contribution in [2.45, 2.75) is 46.2 Å². The van der Waals surface area contributed by atoms with Crippen molar-refractivity contribution in [2.75, 3.05) is 0 Å². The molecule has 0 rings (SSSR count). The third-order valence-electron chi connectivity index (χ3n) is 0.986. The predicted molar refractivity (Wildman–Crippen MR) is 47.9 cm³/mol. The van der Waals surface area contributed by atoms with Crippen LogP contribution in [0.1, 0.15) is 41.0 Å². The fourth-order valence-electron chi connectivity index (χ4n) is 1.37. The normalized spacial score (nSPS) is 14.0. The van der Waals surface area contributed by atoms with Crippen molar-refractivity contribution in [1.29, 1.82) is 0 Å². The van der Waals surface area contributed by atoms with Crippen molar-refractivity contribution < 1.29 is 0 Å². The van der Waals surface area contributed by atoms with E-state index in [1.54, 1.807) is 0 Å². The van der Waals surface area contributed by atoms with E-state index in [0.717, 1.165) is 0 Å². The maximum absolute atomic E-state index is 2.88. The highest BCUT2D eigenvalue weighted by atomic mass is 31.0. The highest BCUT2D eigenvalue weighted by molar-refractivity contribution is 7.18. The molecule has 0 aromatic rings. The van der Waals surface area contributed by atoms with Crippen LogP contribution in [-0.4, -0.2) is 5.16 Å². The summed E-state index contributed by atoms with van der Waals surface area (Å²) in [5, 5.41) is 0.401. The van der Waals surface area contributed by atoms with Gasteiger partial charge in [0.15, 0.2) is 0 Å². The molecule has 56 valence electrons. The summed E-state index contributed by atoms with van der Waals surface area (Å²) in [5.74, 6) is 0. The van der Waals surface area contributed by atoms with Gasteiger partial charge in [-0.15, -0.1) is 9.24 Å². The molecule has 0 aliphatic rings. The molecule has 0 fully saturated rings. The first-order valence-corrected chi connectivity index (χ1v) is 4.07. The van der Waals surface area contributed by atoms with Gasteiger partial charge in [0.1, 0.15) is 0 Å². The average Bonchev–Trinajstić information content (AvgIpc) is 1.14. The van der Waals surface area contributed by atoms with Gasteiger partial charge in [0.25, 0.3) is 0 Å². The molecule has 0 nitrogen and oxygen atoms in total. The Morgan fingerprint density at radius 3 is 1.33 bits per heavy atom. The molecule has 0 radical (unpaired) electrons. The maximum Gasteiger partial charge on any atom is -0.0202 e. The van der Waals surface area contributed by atoms with Crippen molar-refractivity contribution in [3.05, 3.63) is 0 Å². The fourth-order valence-corrected chi connectivity index (χ4v) is 1.98. The van der Waals surface area contributed by atoms with Crippen LogP contribution >= 0.6 is 9.24 Å². The highest BCUT2D eigenvalue weighted by Gasteiger charge is 2.20. The minimum atomic E-state index is 0.401. The van der Waals surface area contributed by atoms with Gasteiger partial charge in [-0.05, 0) is 17.0 Å². The zero-order valence-electron chi connectivity index (χ0n) is 7.28. The van der Waals surface area contributed by atoms with Gasteiger partial charge in [0.05, 0.1) is 0 Å². The van der Waals surface area contributed by atoms with Crippen molar-refractivity contribution in [2.24, 2.45) is 5.41 Å². The summed E-state index contributed by atoms with van der Waals surface area (Å²) in [5.41, 5.74) is 0.464. The first-order valence-electron chi connectivity index (χ1n) is 3.50. The molecule has 1 heteroatoms. The topological polar surface area (TPSA) is 0 Å². The molecule has 0 bridgehead atoms. The van der Waals surface area contributed by atoms with E-state index in [-0.39, 0.29) is 0 Å². The van der Waals surface area contributed by atoms with E-state index in [0.29, 0.717) is 10.6 Å². The molecule has 0 N–H and O–H groups in total. The summed E-state index contributed by atoms with van der Waals surface area (Å²) >= 11 is 0. The van der Waals surface area contributed by atoms with Crippen molar-refractivity contribution >= 4 is 9.24 Å². The lowest BCUT2D eigenvalue weighted by Gasteiger charge is -2.28. The lowest BCUT2D eigenvalue weighted by atomic mass is 9.86. The standard InChI is InChI=1S/C8H19P/c1-7(2,3)6-8(4,5)9/h6,9H2,1-5H3. The summed E-state index contributed by atoms with van der Waals surface area (Å²) in [6, 6.07) is 0. The van der Waals surface area contributed by atoms with E-state index in [9.17, 15) is 0 Å². The zero-order valence-corrected chi connectivity index (χ0v) is 8.44.